The van der Waals surface area contributed by atoms with Crippen molar-refractivity contribution >= 4 is 44.4 Å². The Morgan fingerprint density at radius 1 is 1.42 bits per heavy atom. The van der Waals surface area contributed by atoms with E-state index in [4.69, 9.17) is 11.6 Å². The van der Waals surface area contributed by atoms with E-state index in [9.17, 15) is 8.42 Å². The number of hydrogen-bond donors (Lipinski definition) is 0. The highest BCUT2D eigenvalue weighted by molar-refractivity contribution is 7.89. The minimum absolute atomic E-state index is 0.0608. The van der Waals surface area contributed by atoms with E-state index in [0.717, 1.165) is 11.4 Å². The van der Waals surface area contributed by atoms with Crippen LogP contribution in [0.2, 0.25) is 0 Å². The van der Waals surface area contributed by atoms with Gasteiger partial charge in [0.25, 0.3) is 0 Å². The second-order valence-corrected chi connectivity index (χ2v) is 7.57. The maximum atomic E-state index is 12.5. The summed E-state index contributed by atoms with van der Waals surface area (Å²) in [7, 11) is -2.00. The van der Waals surface area contributed by atoms with Gasteiger partial charge in [0.2, 0.25) is 10.0 Å². The number of rotatable bonds is 5. The van der Waals surface area contributed by atoms with Gasteiger partial charge in [-0.25, -0.2) is 12.7 Å². The molecule has 0 fully saturated rings. The molecule has 0 aliphatic carbocycles. The average Bonchev–Trinajstić information content (AvgIpc) is 2.83. The van der Waals surface area contributed by atoms with Gasteiger partial charge >= 0.3 is 0 Å². The van der Waals surface area contributed by atoms with Crippen LogP contribution in [0, 0.1) is 0 Å². The highest BCUT2D eigenvalue weighted by Gasteiger charge is 2.26. The molecule has 1 aromatic rings. The van der Waals surface area contributed by atoms with Gasteiger partial charge in [-0.2, -0.15) is 8.73 Å². The Balaban J connectivity index is 2.31. The zero-order valence-electron chi connectivity index (χ0n) is 10.6. The molecule has 0 N–H and O–H groups in total. The first kappa shape index (κ1) is 14.6. The summed E-state index contributed by atoms with van der Waals surface area (Å²) in [6.45, 7) is 2.22. The second-order valence-electron chi connectivity index (χ2n) is 4.28. The number of sulfonamides is 1. The summed E-state index contributed by atoms with van der Waals surface area (Å²) >= 11 is 6.86. The van der Waals surface area contributed by atoms with Gasteiger partial charge in [-0.15, -0.1) is 11.6 Å². The Morgan fingerprint density at radius 3 is 2.84 bits per heavy atom. The van der Waals surface area contributed by atoms with Crippen LogP contribution in [0.15, 0.2) is 31.8 Å². The van der Waals surface area contributed by atoms with Gasteiger partial charge < -0.3 is 0 Å². The van der Waals surface area contributed by atoms with E-state index in [1.165, 1.54) is 4.31 Å². The van der Waals surface area contributed by atoms with Crippen LogP contribution >= 0.6 is 11.6 Å². The molecule has 1 aromatic carbocycles. The third kappa shape index (κ3) is 3.05. The average molecular weight is 320 g/mol. The first-order chi connectivity index (χ1) is 8.93. The van der Waals surface area contributed by atoms with Gasteiger partial charge in [-0.3, -0.25) is 0 Å². The summed E-state index contributed by atoms with van der Waals surface area (Å²) in [5.74, 6) is 0. The minimum atomic E-state index is -3.55. The topological polar surface area (TPSA) is 62.1 Å². The fraction of sp³-hybridized carbons (Fsp3) is 0.455. The number of nitrogens with zero attached hydrogens (tertiary/aromatic N) is 3. The Bertz CT molecular complexity index is 652. The zero-order valence-corrected chi connectivity index (χ0v) is 13.0. The molecule has 1 unspecified atom stereocenters. The monoisotopic (exact) mass is 319 g/mol. The van der Waals surface area contributed by atoms with Gasteiger partial charge in [-0.1, -0.05) is 6.07 Å². The molecule has 0 spiro atoms. The normalized spacial score (nSPS) is 15.4. The first-order valence-corrected chi connectivity index (χ1v) is 8.35. The second kappa shape index (κ2) is 5.70. The molecule has 0 bridgehead atoms. The van der Waals surface area contributed by atoms with Crippen LogP contribution in [0.5, 0.6) is 0 Å². The van der Waals surface area contributed by atoms with E-state index in [2.05, 4.69) is 8.73 Å². The molecule has 0 saturated carbocycles. The van der Waals surface area contributed by atoms with Gasteiger partial charge in [0, 0.05) is 19.0 Å². The molecule has 0 aromatic heterocycles. The maximum absolute atomic E-state index is 12.5. The number of alkyl halides is 1. The van der Waals surface area contributed by atoms with Crippen molar-refractivity contribution < 1.29 is 8.42 Å². The molecule has 104 valence electrons. The smallest absolute Gasteiger partial charge is 0.207 e. The van der Waals surface area contributed by atoms with Gasteiger partial charge in [0.15, 0.2) is 0 Å². The molecule has 1 aliphatic rings. The lowest BCUT2D eigenvalue weighted by Gasteiger charge is -2.18. The van der Waals surface area contributed by atoms with Crippen LogP contribution in [-0.2, 0) is 21.4 Å². The van der Waals surface area contributed by atoms with Crippen LogP contribution in [0.25, 0.3) is 0 Å². The molecule has 0 saturated heterocycles. The van der Waals surface area contributed by atoms with Crippen LogP contribution in [0.1, 0.15) is 13.3 Å². The quantitative estimate of drug-likeness (QED) is 0.795. The fourth-order valence-corrected chi connectivity index (χ4v) is 3.67. The summed E-state index contributed by atoms with van der Waals surface area (Å²) in [6.07, 6.45) is 0.600. The summed E-state index contributed by atoms with van der Waals surface area (Å²) in [5.41, 5.74) is 1.03. The number of benzene rings is 1. The molecule has 1 aliphatic heterocycles. The number of halogens is 1. The van der Waals surface area contributed by atoms with Crippen molar-refractivity contribution in [2.45, 2.75) is 23.6 Å². The van der Waals surface area contributed by atoms with Crippen LogP contribution < -0.4 is 0 Å². The molecular formula is C11H14ClN3O2S2. The number of fused-ring (bicyclic) bond motifs is 1. The largest absolute Gasteiger partial charge is 0.245 e. The Kier molecular flexibility index (Phi) is 4.39. The standard InChI is InChI=1S/C11H14ClN3O2S2/c1-8(12)6-7-15(2)19(16,17)10-5-3-4-9-11(10)14-18-13-9/h3-5,8H,6-7H2,1-2H3. The third-order valence-electron chi connectivity index (χ3n) is 2.78. The van der Waals surface area contributed by atoms with Crippen molar-refractivity contribution in [1.82, 2.24) is 4.31 Å². The lowest BCUT2D eigenvalue weighted by molar-refractivity contribution is 0.461. The molecule has 0 amide bonds. The summed E-state index contributed by atoms with van der Waals surface area (Å²) in [5, 5.41) is -0.0608. The SMILES string of the molecule is CC(Cl)CCN(C)S(=O)(=O)c1cccc2c1N=S=N2. The van der Waals surface area contributed by atoms with E-state index in [-0.39, 0.29) is 10.3 Å². The predicted octanol–water partition coefficient (Wildman–Crippen LogP) is 3.05. The Hall–Kier alpha value is -0.760. The molecule has 19 heavy (non-hydrogen) atoms. The van der Waals surface area contributed by atoms with Crippen molar-refractivity contribution in [3.8, 4) is 0 Å². The molecule has 8 heteroatoms. The highest BCUT2D eigenvalue weighted by atomic mass is 35.5. The lowest BCUT2D eigenvalue weighted by Crippen LogP contribution is -2.29. The van der Waals surface area contributed by atoms with Gasteiger partial charge in [0.05, 0.1) is 11.4 Å². The summed E-state index contributed by atoms with van der Waals surface area (Å²) in [4.78, 5) is 0.198. The van der Waals surface area contributed by atoms with Crippen LogP contribution in [-0.4, -0.2) is 31.7 Å². The molecule has 0 radical (unpaired) electrons. The van der Waals surface area contributed by atoms with Crippen molar-refractivity contribution in [3.63, 3.8) is 0 Å². The van der Waals surface area contributed by atoms with E-state index in [0.29, 0.717) is 24.3 Å². The molecule has 1 heterocycles. The van der Waals surface area contributed by atoms with E-state index in [1.54, 1.807) is 25.2 Å². The van der Waals surface area contributed by atoms with Crippen molar-refractivity contribution in [2.75, 3.05) is 13.6 Å². The molecule has 5 nitrogen and oxygen atoms in total. The van der Waals surface area contributed by atoms with E-state index >= 15 is 0 Å². The summed E-state index contributed by atoms with van der Waals surface area (Å²) < 4.78 is 34.4. The molecule has 2 rings (SSSR count). The van der Waals surface area contributed by atoms with Gasteiger partial charge in [-0.05, 0) is 25.5 Å². The van der Waals surface area contributed by atoms with E-state index in [1.807, 2.05) is 6.92 Å². The van der Waals surface area contributed by atoms with Crippen LogP contribution in [0.3, 0.4) is 0 Å². The van der Waals surface area contributed by atoms with Crippen LogP contribution in [0.4, 0.5) is 11.4 Å². The molecule has 1 atom stereocenters. The Labute approximate surface area is 121 Å². The Morgan fingerprint density at radius 2 is 2.16 bits per heavy atom. The first-order valence-electron chi connectivity index (χ1n) is 5.74. The van der Waals surface area contributed by atoms with Crippen molar-refractivity contribution in [2.24, 2.45) is 8.73 Å². The lowest BCUT2D eigenvalue weighted by atomic mass is 10.3. The maximum Gasteiger partial charge on any atom is 0.245 e. The fourth-order valence-electron chi connectivity index (χ4n) is 1.64. The van der Waals surface area contributed by atoms with Gasteiger partial charge in [0.1, 0.15) is 16.3 Å². The van der Waals surface area contributed by atoms with E-state index < -0.39 is 10.0 Å². The number of hydrogen-bond acceptors (Lipinski definition) is 4. The summed E-state index contributed by atoms with van der Waals surface area (Å²) in [6, 6.07) is 4.98. The predicted molar refractivity (Wildman–Crippen MR) is 77.7 cm³/mol. The highest BCUT2D eigenvalue weighted by Crippen LogP contribution is 2.38. The van der Waals surface area contributed by atoms with Crippen molar-refractivity contribution in [3.05, 3.63) is 18.2 Å². The third-order valence-corrected chi connectivity index (χ3v) is 5.43. The minimum Gasteiger partial charge on any atom is -0.207 e. The molecular weight excluding hydrogens is 306 g/mol. The van der Waals surface area contributed by atoms with Crippen molar-refractivity contribution in [1.29, 1.82) is 0 Å². The zero-order chi connectivity index (χ0) is 14.0.